The highest BCUT2D eigenvalue weighted by molar-refractivity contribution is 6.42. The van der Waals surface area contributed by atoms with Crippen LogP contribution in [-0.2, 0) is 4.79 Å². The van der Waals surface area contributed by atoms with Crippen LogP contribution in [0.25, 0.3) is 0 Å². The van der Waals surface area contributed by atoms with E-state index in [-0.39, 0.29) is 6.54 Å². The molecule has 4 nitrogen and oxygen atoms in total. The molecule has 0 heterocycles. The van der Waals surface area contributed by atoms with Gasteiger partial charge in [0.2, 0.25) is 0 Å². The predicted octanol–water partition coefficient (Wildman–Crippen LogP) is 1.25. The normalized spacial score (nSPS) is 12.3. The van der Waals surface area contributed by atoms with E-state index in [1.165, 1.54) is 6.07 Å². The van der Waals surface area contributed by atoms with Crippen LogP contribution in [0.2, 0.25) is 10.0 Å². The van der Waals surface area contributed by atoms with Gasteiger partial charge in [-0.05, 0) is 18.2 Å². The molecule has 0 bridgehead atoms. The molecule has 0 saturated heterocycles. The maximum Gasteiger partial charge on any atom is 0.254 e. The van der Waals surface area contributed by atoms with E-state index in [0.29, 0.717) is 15.7 Å². The third-order valence-corrected chi connectivity index (χ3v) is 2.45. The fourth-order valence-corrected chi connectivity index (χ4v) is 1.20. The Kier molecular flexibility index (Phi) is 4.35. The maximum absolute atomic E-state index is 11.2. The minimum absolute atomic E-state index is 0.132. The van der Waals surface area contributed by atoms with Gasteiger partial charge in [-0.3, -0.25) is 4.79 Å². The largest absolute Gasteiger partial charge is 0.382 e. The number of benzene rings is 1. The first-order valence-electron chi connectivity index (χ1n) is 4.18. The minimum atomic E-state index is -1.22. The van der Waals surface area contributed by atoms with E-state index in [1.54, 1.807) is 12.1 Å². The molecule has 1 amide bonds. The smallest absolute Gasteiger partial charge is 0.254 e. The summed E-state index contributed by atoms with van der Waals surface area (Å²) in [5, 5.41) is 12.3. The van der Waals surface area contributed by atoms with Crippen molar-refractivity contribution in [1.82, 2.24) is 0 Å². The molecule has 0 saturated carbocycles. The molecule has 6 heteroatoms. The highest BCUT2D eigenvalue weighted by Crippen LogP contribution is 2.24. The van der Waals surface area contributed by atoms with Gasteiger partial charge in [0, 0.05) is 12.2 Å². The maximum atomic E-state index is 11.2. The number of nitrogens with two attached hydrogens (primary N) is 1. The number of halogens is 2. The molecule has 15 heavy (non-hydrogen) atoms. The highest BCUT2D eigenvalue weighted by atomic mass is 35.5. The molecule has 4 N–H and O–H groups in total. The number of hydrogen-bond donors (Lipinski definition) is 3. The molecule has 0 radical (unpaired) electrons. The molecule has 1 aromatic rings. The Balaban J connectivity index is 2.73. The summed E-state index contributed by atoms with van der Waals surface area (Å²) in [4.78, 5) is 11.2. The molecular weight excluding hydrogens is 239 g/mol. The van der Waals surface area contributed by atoms with Crippen molar-refractivity contribution in [2.24, 2.45) is 5.73 Å². The van der Waals surface area contributed by atoms with Crippen LogP contribution in [-0.4, -0.2) is 23.7 Å². The number of nitrogens with one attached hydrogen (secondary N) is 1. The van der Waals surface area contributed by atoms with Crippen molar-refractivity contribution in [3.8, 4) is 0 Å². The molecule has 0 fully saturated rings. The number of aliphatic hydroxyl groups excluding tert-OH is 1. The van der Waals surface area contributed by atoms with Gasteiger partial charge in [-0.2, -0.15) is 0 Å². The lowest BCUT2D eigenvalue weighted by atomic mass is 10.3. The van der Waals surface area contributed by atoms with Crippen molar-refractivity contribution in [2.75, 3.05) is 11.9 Å². The lowest BCUT2D eigenvalue weighted by Gasteiger charge is -2.09. The number of amides is 1. The van der Waals surface area contributed by atoms with Crippen LogP contribution in [0.4, 0.5) is 5.69 Å². The zero-order chi connectivity index (χ0) is 11.4. The van der Waals surface area contributed by atoms with E-state index in [2.05, 4.69) is 5.32 Å². The van der Waals surface area contributed by atoms with Crippen LogP contribution in [0.1, 0.15) is 0 Å². The SMILES string of the molecule is NCC(O)C(=O)Nc1ccc(Cl)c(Cl)c1. The minimum Gasteiger partial charge on any atom is -0.382 e. The van der Waals surface area contributed by atoms with Crippen molar-refractivity contribution < 1.29 is 9.90 Å². The third kappa shape index (κ3) is 3.35. The average Bonchev–Trinajstić information content (AvgIpc) is 2.22. The van der Waals surface area contributed by atoms with E-state index in [4.69, 9.17) is 34.0 Å². The first-order valence-corrected chi connectivity index (χ1v) is 4.94. The molecule has 1 aromatic carbocycles. The zero-order valence-electron chi connectivity index (χ0n) is 7.71. The number of carbonyl (C=O) groups excluding carboxylic acids is 1. The Labute approximate surface area is 97.0 Å². The van der Waals surface area contributed by atoms with Gasteiger partial charge in [0.05, 0.1) is 10.0 Å². The van der Waals surface area contributed by atoms with Crippen LogP contribution < -0.4 is 11.1 Å². The van der Waals surface area contributed by atoms with Gasteiger partial charge in [-0.25, -0.2) is 0 Å². The van der Waals surface area contributed by atoms with Crippen LogP contribution in [0.3, 0.4) is 0 Å². The lowest BCUT2D eigenvalue weighted by molar-refractivity contribution is -0.123. The van der Waals surface area contributed by atoms with Crippen LogP contribution >= 0.6 is 23.2 Å². The summed E-state index contributed by atoms with van der Waals surface area (Å²) in [6, 6.07) is 4.62. The Morgan fingerprint density at radius 3 is 2.67 bits per heavy atom. The van der Waals surface area contributed by atoms with Crippen molar-refractivity contribution in [2.45, 2.75) is 6.10 Å². The second-order valence-electron chi connectivity index (χ2n) is 2.87. The van der Waals surface area contributed by atoms with Crippen LogP contribution in [0.15, 0.2) is 18.2 Å². The Morgan fingerprint density at radius 1 is 1.47 bits per heavy atom. The average molecular weight is 249 g/mol. The first-order chi connectivity index (χ1) is 7.04. The van der Waals surface area contributed by atoms with Gasteiger partial charge in [0.1, 0.15) is 6.10 Å². The number of carbonyl (C=O) groups is 1. The monoisotopic (exact) mass is 248 g/mol. The first kappa shape index (κ1) is 12.3. The Hall–Kier alpha value is -0.810. The Bertz CT molecular complexity index is 371. The molecule has 0 aliphatic carbocycles. The summed E-state index contributed by atoms with van der Waals surface area (Å²) in [6.07, 6.45) is -1.22. The van der Waals surface area contributed by atoms with E-state index >= 15 is 0 Å². The standard InChI is InChI=1S/C9H10Cl2N2O2/c10-6-2-1-5(3-7(6)11)13-9(15)8(14)4-12/h1-3,8,14H,4,12H2,(H,13,15). The summed E-state index contributed by atoms with van der Waals surface area (Å²) in [6.45, 7) is -0.132. The summed E-state index contributed by atoms with van der Waals surface area (Å²) < 4.78 is 0. The summed E-state index contributed by atoms with van der Waals surface area (Å²) in [7, 11) is 0. The highest BCUT2D eigenvalue weighted by Gasteiger charge is 2.12. The zero-order valence-corrected chi connectivity index (χ0v) is 9.22. The second kappa shape index (κ2) is 5.32. The second-order valence-corrected chi connectivity index (χ2v) is 3.68. The van der Waals surface area contributed by atoms with Gasteiger partial charge in [0.25, 0.3) is 5.91 Å². The molecule has 0 aliphatic heterocycles. The van der Waals surface area contributed by atoms with Crippen molar-refractivity contribution in [3.05, 3.63) is 28.2 Å². The molecular formula is C9H10Cl2N2O2. The molecule has 1 rings (SSSR count). The molecule has 0 aliphatic rings. The molecule has 82 valence electrons. The number of aliphatic hydroxyl groups is 1. The fraction of sp³-hybridized carbons (Fsp3) is 0.222. The van der Waals surface area contributed by atoms with Gasteiger partial charge in [0.15, 0.2) is 0 Å². The lowest BCUT2D eigenvalue weighted by Crippen LogP contribution is -2.34. The van der Waals surface area contributed by atoms with Crippen molar-refractivity contribution >= 4 is 34.8 Å². The van der Waals surface area contributed by atoms with Gasteiger partial charge in [-0.15, -0.1) is 0 Å². The number of anilines is 1. The van der Waals surface area contributed by atoms with Gasteiger partial charge in [-0.1, -0.05) is 23.2 Å². The number of hydrogen-bond acceptors (Lipinski definition) is 3. The Morgan fingerprint density at radius 2 is 2.13 bits per heavy atom. The predicted molar refractivity (Wildman–Crippen MR) is 60.2 cm³/mol. The van der Waals surface area contributed by atoms with E-state index in [0.717, 1.165) is 0 Å². The summed E-state index contributed by atoms with van der Waals surface area (Å²) in [5.41, 5.74) is 5.58. The molecule has 1 unspecified atom stereocenters. The quantitative estimate of drug-likeness (QED) is 0.754. The van der Waals surface area contributed by atoms with E-state index in [1.807, 2.05) is 0 Å². The summed E-state index contributed by atoms with van der Waals surface area (Å²) >= 11 is 11.4. The van der Waals surface area contributed by atoms with Crippen LogP contribution in [0, 0.1) is 0 Å². The van der Waals surface area contributed by atoms with Crippen molar-refractivity contribution in [1.29, 1.82) is 0 Å². The topological polar surface area (TPSA) is 75.3 Å². The van der Waals surface area contributed by atoms with Crippen molar-refractivity contribution in [3.63, 3.8) is 0 Å². The molecule has 0 aromatic heterocycles. The molecule has 1 atom stereocenters. The fourth-order valence-electron chi connectivity index (χ4n) is 0.906. The molecule has 0 spiro atoms. The van der Waals surface area contributed by atoms with Crippen LogP contribution in [0.5, 0.6) is 0 Å². The van der Waals surface area contributed by atoms with Gasteiger partial charge >= 0.3 is 0 Å². The number of rotatable bonds is 3. The van der Waals surface area contributed by atoms with Gasteiger partial charge < -0.3 is 16.2 Å². The van der Waals surface area contributed by atoms with E-state index in [9.17, 15) is 4.79 Å². The van der Waals surface area contributed by atoms with E-state index < -0.39 is 12.0 Å². The third-order valence-electron chi connectivity index (χ3n) is 1.71. The summed E-state index contributed by atoms with van der Waals surface area (Å²) in [5.74, 6) is -0.573.